The van der Waals surface area contributed by atoms with Crippen molar-refractivity contribution in [1.82, 2.24) is 21.3 Å². The van der Waals surface area contributed by atoms with Crippen LogP contribution in [0.3, 0.4) is 0 Å². The number of rotatable bonds is 6. The summed E-state index contributed by atoms with van der Waals surface area (Å²) in [6, 6.07) is 5.49. The Kier molecular flexibility index (Phi) is 6.60. The molecule has 2 aliphatic rings. The zero-order chi connectivity index (χ0) is 21.0. The second kappa shape index (κ2) is 9.15. The predicted octanol–water partition coefficient (Wildman–Crippen LogP) is -0.631. The number of ketones is 1. The molecule has 2 fully saturated rings. The molecule has 0 aromatic heterocycles. The summed E-state index contributed by atoms with van der Waals surface area (Å²) in [5.74, 6) is -0.788. The number of esters is 1. The summed E-state index contributed by atoms with van der Waals surface area (Å²) in [6.45, 7) is 2.57. The molecular weight excluding hydrogens is 376 g/mol. The van der Waals surface area contributed by atoms with E-state index in [1.54, 1.807) is 24.3 Å². The topological polar surface area (TPSA) is 126 Å². The molecule has 9 nitrogen and oxygen atoms in total. The largest absolute Gasteiger partial charge is 0.468 e. The normalized spacial score (nSPS) is 26.0. The maximum absolute atomic E-state index is 12.4. The molecule has 4 atom stereocenters. The van der Waals surface area contributed by atoms with Crippen molar-refractivity contribution in [3.63, 3.8) is 0 Å². The van der Waals surface area contributed by atoms with Crippen molar-refractivity contribution < 1.29 is 23.9 Å². The van der Waals surface area contributed by atoms with Gasteiger partial charge in [-0.05, 0) is 44.0 Å². The van der Waals surface area contributed by atoms with Gasteiger partial charge in [0.15, 0.2) is 0 Å². The van der Waals surface area contributed by atoms with Crippen LogP contribution in [0.15, 0.2) is 24.3 Å². The first-order valence-corrected chi connectivity index (χ1v) is 9.64. The summed E-state index contributed by atoms with van der Waals surface area (Å²) in [7, 11) is 1.33. The number of methoxy groups -OCH3 is 1. The highest BCUT2D eigenvalue weighted by Gasteiger charge is 2.31. The van der Waals surface area contributed by atoms with Crippen LogP contribution in [0.1, 0.15) is 40.5 Å². The van der Waals surface area contributed by atoms with Crippen LogP contribution in [0.2, 0.25) is 0 Å². The molecule has 0 spiro atoms. The molecule has 2 amide bonds. The first-order valence-electron chi connectivity index (χ1n) is 9.64. The van der Waals surface area contributed by atoms with E-state index in [9.17, 15) is 19.2 Å². The minimum atomic E-state index is -0.413. The zero-order valence-electron chi connectivity index (χ0n) is 16.5. The maximum Gasteiger partial charge on any atom is 0.322 e. The Hall–Kier alpha value is -2.78. The van der Waals surface area contributed by atoms with Crippen molar-refractivity contribution in [1.29, 1.82) is 0 Å². The van der Waals surface area contributed by atoms with Gasteiger partial charge in [-0.2, -0.15) is 0 Å². The highest BCUT2D eigenvalue weighted by molar-refractivity contribution is 5.98. The molecule has 3 rings (SSSR count). The SMILES string of the molecule is COC(=O)[C@@H]1C[C@H](NC(=O)c2ccc(C(=O)N[C@@H]3CN[C@H](C(C)=O)C3)cc2)CN1. The molecule has 0 saturated carbocycles. The van der Waals surface area contributed by atoms with Crippen LogP contribution in [0.5, 0.6) is 0 Å². The summed E-state index contributed by atoms with van der Waals surface area (Å²) >= 11 is 0. The van der Waals surface area contributed by atoms with Gasteiger partial charge in [-0.3, -0.25) is 19.2 Å². The number of hydrogen-bond donors (Lipinski definition) is 4. The molecule has 29 heavy (non-hydrogen) atoms. The second-order valence-corrected chi connectivity index (χ2v) is 7.45. The molecule has 1 aromatic rings. The number of carbonyl (C=O) groups excluding carboxylic acids is 4. The highest BCUT2D eigenvalue weighted by Crippen LogP contribution is 2.12. The van der Waals surface area contributed by atoms with Crippen molar-refractivity contribution in [2.75, 3.05) is 20.2 Å². The standard InChI is InChI=1S/C20H26N4O5/c1-11(25)16-7-14(9-21-16)23-18(26)12-3-5-13(6-4-12)19(27)24-15-8-17(22-10-15)20(28)29-2/h3-6,14-17,21-22H,7-10H2,1-2H3,(H,23,26)(H,24,27)/t14-,15-,16-,17-/m0/s1. The Bertz CT molecular complexity index is 795. The van der Waals surface area contributed by atoms with Crippen molar-refractivity contribution >= 4 is 23.6 Å². The summed E-state index contributed by atoms with van der Waals surface area (Å²) in [5, 5.41) is 11.9. The Labute approximate surface area is 168 Å². The Morgan fingerprint density at radius 2 is 1.31 bits per heavy atom. The highest BCUT2D eigenvalue weighted by atomic mass is 16.5. The summed E-state index contributed by atoms with van der Waals surface area (Å²) in [4.78, 5) is 47.7. The van der Waals surface area contributed by atoms with Crippen LogP contribution in [0.4, 0.5) is 0 Å². The van der Waals surface area contributed by atoms with Gasteiger partial charge in [0.2, 0.25) is 0 Å². The molecule has 0 aliphatic carbocycles. The van der Waals surface area contributed by atoms with Crippen LogP contribution >= 0.6 is 0 Å². The average Bonchev–Trinajstić information content (AvgIpc) is 3.37. The molecule has 4 N–H and O–H groups in total. The van der Waals surface area contributed by atoms with Crippen molar-refractivity contribution in [2.24, 2.45) is 0 Å². The monoisotopic (exact) mass is 402 g/mol. The fourth-order valence-electron chi connectivity index (χ4n) is 3.63. The van der Waals surface area contributed by atoms with Crippen LogP contribution in [0.25, 0.3) is 0 Å². The number of Topliss-reactive ketones (excluding diaryl/α,β-unsaturated/α-hetero) is 1. The Morgan fingerprint density at radius 3 is 1.72 bits per heavy atom. The zero-order valence-corrected chi connectivity index (χ0v) is 16.5. The third-order valence-corrected chi connectivity index (χ3v) is 5.32. The minimum Gasteiger partial charge on any atom is -0.468 e. The number of hydrogen-bond acceptors (Lipinski definition) is 7. The van der Waals surface area contributed by atoms with Gasteiger partial charge in [0.25, 0.3) is 11.8 Å². The lowest BCUT2D eigenvalue weighted by molar-refractivity contribution is -0.142. The quantitative estimate of drug-likeness (QED) is 0.467. The lowest BCUT2D eigenvalue weighted by atomic mass is 10.1. The van der Waals surface area contributed by atoms with Gasteiger partial charge < -0.3 is 26.0 Å². The maximum atomic E-state index is 12.4. The summed E-state index contributed by atoms with van der Waals surface area (Å²) in [6.07, 6.45) is 1.04. The van der Waals surface area contributed by atoms with Crippen LogP contribution < -0.4 is 21.3 Å². The number of carbonyl (C=O) groups is 4. The van der Waals surface area contributed by atoms with Gasteiger partial charge in [-0.15, -0.1) is 0 Å². The van der Waals surface area contributed by atoms with E-state index >= 15 is 0 Å². The number of benzene rings is 1. The van der Waals surface area contributed by atoms with Gasteiger partial charge in [0.05, 0.1) is 13.2 Å². The molecular formula is C20H26N4O5. The van der Waals surface area contributed by atoms with E-state index in [1.807, 2.05) is 0 Å². The molecule has 2 heterocycles. The molecule has 156 valence electrons. The molecule has 0 unspecified atom stereocenters. The molecule has 9 heteroatoms. The predicted molar refractivity (Wildman–Crippen MR) is 104 cm³/mol. The summed E-state index contributed by atoms with van der Waals surface area (Å²) in [5.41, 5.74) is 0.878. The summed E-state index contributed by atoms with van der Waals surface area (Å²) < 4.78 is 4.70. The van der Waals surface area contributed by atoms with E-state index in [1.165, 1.54) is 14.0 Å². The number of nitrogens with one attached hydrogen (secondary N) is 4. The van der Waals surface area contributed by atoms with Gasteiger partial charge >= 0.3 is 5.97 Å². The average molecular weight is 402 g/mol. The van der Waals surface area contributed by atoms with E-state index in [2.05, 4.69) is 21.3 Å². The first-order chi connectivity index (χ1) is 13.9. The van der Waals surface area contributed by atoms with Crippen molar-refractivity contribution in [3.05, 3.63) is 35.4 Å². The van der Waals surface area contributed by atoms with E-state index in [0.29, 0.717) is 37.1 Å². The van der Waals surface area contributed by atoms with Gasteiger partial charge in [-0.1, -0.05) is 0 Å². The Balaban J connectivity index is 1.50. The smallest absolute Gasteiger partial charge is 0.322 e. The third-order valence-electron chi connectivity index (χ3n) is 5.32. The van der Waals surface area contributed by atoms with E-state index < -0.39 is 6.04 Å². The molecule has 2 aliphatic heterocycles. The van der Waals surface area contributed by atoms with Crippen molar-refractivity contribution in [2.45, 2.75) is 43.9 Å². The lowest BCUT2D eigenvalue weighted by Gasteiger charge is -2.13. The molecule has 0 radical (unpaired) electrons. The lowest BCUT2D eigenvalue weighted by Crippen LogP contribution is -2.37. The molecule has 0 bridgehead atoms. The molecule has 1 aromatic carbocycles. The van der Waals surface area contributed by atoms with E-state index in [4.69, 9.17) is 4.74 Å². The van der Waals surface area contributed by atoms with Crippen LogP contribution in [-0.4, -0.2) is 67.9 Å². The van der Waals surface area contributed by atoms with Gasteiger partial charge in [-0.25, -0.2) is 0 Å². The third kappa shape index (κ3) is 5.18. The van der Waals surface area contributed by atoms with Gasteiger partial charge in [0.1, 0.15) is 11.8 Å². The fourth-order valence-corrected chi connectivity index (χ4v) is 3.63. The van der Waals surface area contributed by atoms with Crippen LogP contribution in [-0.2, 0) is 14.3 Å². The second-order valence-electron chi connectivity index (χ2n) is 7.45. The first kappa shape index (κ1) is 20.9. The van der Waals surface area contributed by atoms with Gasteiger partial charge in [0, 0.05) is 36.3 Å². The van der Waals surface area contributed by atoms with E-state index in [0.717, 1.165) is 0 Å². The Morgan fingerprint density at radius 1 is 0.862 bits per heavy atom. The van der Waals surface area contributed by atoms with E-state index in [-0.39, 0.29) is 41.7 Å². The van der Waals surface area contributed by atoms with Crippen LogP contribution in [0, 0.1) is 0 Å². The number of amides is 2. The van der Waals surface area contributed by atoms with Crippen molar-refractivity contribution in [3.8, 4) is 0 Å². The number of ether oxygens (including phenoxy) is 1. The molecule has 2 saturated heterocycles. The fraction of sp³-hybridized carbons (Fsp3) is 0.500. The minimum absolute atomic E-state index is 0.0625.